The van der Waals surface area contributed by atoms with Crippen molar-refractivity contribution in [1.29, 1.82) is 0 Å². The first kappa shape index (κ1) is 18.0. The molecule has 1 aliphatic rings. The topological polar surface area (TPSA) is 83.5 Å². The largest absolute Gasteiger partial charge is 0.480 e. The van der Waals surface area contributed by atoms with Crippen molar-refractivity contribution in [3.63, 3.8) is 0 Å². The monoisotopic (exact) mass is 399 g/mol. The molecule has 132 valence electrons. The van der Waals surface area contributed by atoms with Crippen LogP contribution in [0.3, 0.4) is 0 Å². The molecule has 0 aliphatic heterocycles. The average molecular weight is 400 g/mol. The summed E-state index contributed by atoms with van der Waals surface area (Å²) >= 11 is 12.0. The molecule has 1 atom stereocenters. The Labute approximate surface area is 155 Å². The van der Waals surface area contributed by atoms with E-state index in [1.165, 1.54) is 36.4 Å². The second-order valence-corrected chi connectivity index (χ2v) is 9.25. The maximum atomic E-state index is 12.4. The number of benzene rings is 2. The molecule has 1 fully saturated rings. The SMILES string of the molecule is Cc1ccc(S(=O)(=O)Nc2ccc(C3(C(=O)O)CC3(Cl)Cl)cc2)cc1. The summed E-state index contributed by atoms with van der Waals surface area (Å²) < 4.78 is 25.8. The molecular formula is C17H15Cl2NO4S. The van der Waals surface area contributed by atoms with Crippen LogP contribution >= 0.6 is 23.2 Å². The zero-order valence-corrected chi connectivity index (χ0v) is 15.5. The van der Waals surface area contributed by atoms with Crippen molar-refractivity contribution in [2.24, 2.45) is 0 Å². The number of anilines is 1. The van der Waals surface area contributed by atoms with E-state index in [1.807, 2.05) is 6.92 Å². The number of nitrogens with one attached hydrogen (secondary N) is 1. The summed E-state index contributed by atoms with van der Waals surface area (Å²) in [4.78, 5) is 11.7. The van der Waals surface area contributed by atoms with Crippen molar-refractivity contribution in [2.45, 2.75) is 28.0 Å². The van der Waals surface area contributed by atoms with Gasteiger partial charge in [-0.05, 0) is 36.8 Å². The third-order valence-electron chi connectivity index (χ3n) is 4.31. The van der Waals surface area contributed by atoms with Gasteiger partial charge in [0.05, 0.1) is 4.90 Å². The lowest BCUT2D eigenvalue weighted by Gasteiger charge is -2.14. The fourth-order valence-corrected chi connectivity index (χ4v) is 4.55. The van der Waals surface area contributed by atoms with Gasteiger partial charge >= 0.3 is 5.97 Å². The first-order valence-corrected chi connectivity index (χ1v) is 9.64. The quantitative estimate of drug-likeness (QED) is 0.750. The van der Waals surface area contributed by atoms with E-state index >= 15 is 0 Å². The highest BCUT2D eigenvalue weighted by molar-refractivity contribution is 7.92. The number of hydrogen-bond acceptors (Lipinski definition) is 3. The van der Waals surface area contributed by atoms with E-state index in [2.05, 4.69) is 4.72 Å². The summed E-state index contributed by atoms with van der Waals surface area (Å²) in [6.07, 6.45) is 0.104. The smallest absolute Gasteiger partial charge is 0.317 e. The molecule has 1 saturated carbocycles. The van der Waals surface area contributed by atoms with E-state index in [0.29, 0.717) is 11.3 Å². The number of aryl methyl sites for hydroxylation is 1. The molecule has 8 heteroatoms. The summed E-state index contributed by atoms with van der Waals surface area (Å²) in [5, 5.41) is 9.44. The average Bonchev–Trinajstić information content (AvgIpc) is 3.12. The Hall–Kier alpha value is -1.76. The number of halogens is 2. The number of carbonyl (C=O) groups is 1. The van der Waals surface area contributed by atoms with Crippen molar-refractivity contribution in [2.75, 3.05) is 4.72 Å². The van der Waals surface area contributed by atoms with E-state index in [0.717, 1.165) is 5.56 Å². The second kappa shape index (κ2) is 5.90. The number of carboxylic acids is 1. The Bertz CT molecular complexity index is 924. The first-order valence-electron chi connectivity index (χ1n) is 7.40. The van der Waals surface area contributed by atoms with E-state index in [9.17, 15) is 18.3 Å². The van der Waals surface area contributed by atoms with Crippen LogP contribution < -0.4 is 4.72 Å². The molecule has 3 rings (SSSR count). The van der Waals surface area contributed by atoms with Gasteiger partial charge in [-0.3, -0.25) is 9.52 Å². The molecule has 5 nitrogen and oxygen atoms in total. The highest BCUT2D eigenvalue weighted by Crippen LogP contribution is 2.65. The molecule has 0 radical (unpaired) electrons. The number of carboxylic acid groups (broad SMARTS) is 1. The van der Waals surface area contributed by atoms with E-state index < -0.39 is 25.7 Å². The zero-order valence-electron chi connectivity index (χ0n) is 13.2. The second-order valence-electron chi connectivity index (χ2n) is 6.09. The Balaban J connectivity index is 1.84. The lowest BCUT2D eigenvalue weighted by Crippen LogP contribution is -2.26. The van der Waals surface area contributed by atoms with Crippen molar-refractivity contribution < 1.29 is 18.3 Å². The summed E-state index contributed by atoms with van der Waals surface area (Å²) in [6, 6.07) is 12.5. The molecule has 0 bridgehead atoms. The molecule has 25 heavy (non-hydrogen) atoms. The van der Waals surface area contributed by atoms with Gasteiger partial charge in [0, 0.05) is 12.1 Å². The van der Waals surface area contributed by atoms with Crippen LogP contribution in [0.4, 0.5) is 5.69 Å². The number of sulfonamides is 1. The van der Waals surface area contributed by atoms with Crippen LogP contribution in [0.5, 0.6) is 0 Å². The molecule has 1 aliphatic carbocycles. The summed E-state index contributed by atoms with van der Waals surface area (Å²) in [6.45, 7) is 1.87. The first-order chi connectivity index (χ1) is 11.6. The number of aliphatic carboxylic acids is 1. The maximum Gasteiger partial charge on any atom is 0.317 e. The minimum absolute atomic E-state index is 0.104. The zero-order chi connectivity index (χ0) is 18.5. The minimum atomic E-state index is -3.72. The lowest BCUT2D eigenvalue weighted by atomic mass is 9.96. The molecular weight excluding hydrogens is 385 g/mol. The molecule has 1 unspecified atom stereocenters. The van der Waals surface area contributed by atoms with Gasteiger partial charge < -0.3 is 5.11 Å². The van der Waals surface area contributed by atoms with Gasteiger partial charge in [-0.1, -0.05) is 53.0 Å². The molecule has 2 aromatic rings. The molecule has 0 spiro atoms. The summed E-state index contributed by atoms with van der Waals surface area (Å²) in [5.74, 6) is -1.11. The van der Waals surface area contributed by atoms with Crippen LogP contribution in [0.2, 0.25) is 0 Å². The van der Waals surface area contributed by atoms with Crippen molar-refractivity contribution in [3.8, 4) is 0 Å². The highest BCUT2D eigenvalue weighted by atomic mass is 35.5. The number of hydrogen-bond donors (Lipinski definition) is 2. The Kier molecular flexibility index (Phi) is 4.26. The van der Waals surface area contributed by atoms with Crippen LogP contribution in [0.25, 0.3) is 0 Å². The van der Waals surface area contributed by atoms with Gasteiger partial charge in [0.15, 0.2) is 0 Å². The van der Waals surface area contributed by atoms with Crippen molar-refractivity contribution in [1.82, 2.24) is 0 Å². The van der Waals surface area contributed by atoms with Crippen LogP contribution in [0, 0.1) is 6.92 Å². The van der Waals surface area contributed by atoms with Crippen molar-refractivity contribution in [3.05, 3.63) is 59.7 Å². The maximum absolute atomic E-state index is 12.4. The summed E-state index contributed by atoms with van der Waals surface area (Å²) in [7, 11) is -3.72. The third-order valence-corrected chi connectivity index (χ3v) is 6.62. The minimum Gasteiger partial charge on any atom is -0.480 e. The van der Waals surface area contributed by atoms with Crippen molar-refractivity contribution >= 4 is 44.9 Å². The predicted octanol–water partition coefficient (Wildman–Crippen LogP) is 3.70. The van der Waals surface area contributed by atoms with Gasteiger partial charge in [0.2, 0.25) is 0 Å². The Morgan fingerprint density at radius 3 is 2.04 bits per heavy atom. The van der Waals surface area contributed by atoms with Gasteiger partial charge in [-0.25, -0.2) is 8.42 Å². The van der Waals surface area contributed by atoms with Crippen LogP contribution in [-0.2, 0) is 20.2 Å². The molecule has 0 aromatic heterocycles. The van der Waals surface area contributed by atoms with E-state index in [1.54, 1.807) is 12.1 Å². The fraction of sp³-hybridized carbons (Fsp3) is 0.235. The van der Waals surface area contributed by atoms with Crippen LogP contribution in [0.1, 0.15) is 17.5 Å². The Morgan fingerprint density at radius 2 is 1.60 bits per heavy atom. The molecule has 2 aromatic carbocycles. The van der Waals surface area contributed by atoms with Gasteiger partial charge in [0.1, 0.15) is 9.75 Å². The standard InChI is InChI=1S/C17H15Cl2NO4S/c1-11-2-8-14(9-3-11)25(23,24)20-13-6-4-12(5-7-13)16(15(21)22)10-17(16,18)19/h2-9,20H,10H2,1H3,(H,21,22). The lowest BCUT2D eigenvalue weighted by molar-refractivity contribution is -0.140. The number of alkyl halides is 2. The molecule has 0 saturated heterocycles. The van der Waals surface area contributed by atoms with Crippen LogP contribution in [-0.4, -0.2) is 23.8 Å². The Morgan fingerprint density at radius 1 is 1.08 bits per heavy atom. The normalized spacial score (nSPS) is 21.6. The van der Waals surface area contributed by atoms with E-state index in [-0.39, 0.29) is 11.3 Å². The molecule has 0 heterocycles. The van der Waals surface area contributed by atoms with Gasteiger partial charge in [-0.15, -0.1) is 0 Å². The number of rotatable bonds is 5. The van der Waals surface area contributed by atoms with E-state index in [4.69, 9.17) is 23.2 Å². The fourth-order valence-electron chi connectivity index (χ4n) is 2.71. The van der Waals surface area contributed by atoms with Gasteiger partial charge in [-0.2, -0.15) is 0 Å². The summed E-state index contributed by atoms with van der Waals surface area (Å²) in [5.41, 5.74) is 0.352. The van der Waals surface area contributed by atoms with Gasteiger partial charge in [0.25, 0.3) is 10.0 Å². The molecule has 2 N–H and O–H groups in total. The molecule has 0 amide bonds. The predicted molar refractivity (Wildman–Crippen MR) is 96.8 cm³/mol. The third kappa shape index (κ3) is 3.10. The highest BCUT2D eigenvalue weighted by Gasteiger charge is 2.72. The van der Waals surface area contributed by atoms with Crippen LogP contribution in [0.15, 0.2) is 53.4 Å².